The van der Waals surface area contributed by atoms with Gasteiger partial charge in [0.1, 0.15) is 13.1 Å². The van der Waals surface area contributed by atoms with Gasteiger partial charge in [-0.25, -0.2) is 0 Å². The third-order valence-corrected chi connectivity index (χ3v) is 5.44. The van der Waals surface area contributed by atoms with E-state index in [0.717, 1.165) is 49.3 Å². The molecule has 6 nitrogen and oxygen atoms in total. The summed E-state index contributed by atoms with van der Waals surface area (Å²) < 4.78 is 6.22. The number of quaternary nitrogens is 1. The van der Waals surface area contributed by atoms with Crippen molar-refractivity contribution < 1.29 is 19.2 Å². The molecule has 0 spiro atoms. The zero-order valence-electron chi connectivity index (χ0n) is 16.4. The lowest BCUT2D eigenvalue weighted by atomic mass is 10.1. The Bertz CT molecular complexity index is 820. The van der Waals surface area contributed by atoms with Crippen molar-refractivity contribution in [3.05, 3.63) is 69.7 Å². The van der Waals surface area contributed by atoms with Crippen LogP contribution in [0.5, 0.6) is 0 Å². The SMILES string of the molecule is O=C(NCCC[NH+]1CCOCC1)c1ccc(CNC(=O)c2cccc(Br)c2)cc1. The van der Waals surface area contributed by atoms with Gasteiger partial charge in [-0.3, -0.25) is 9.59 Å². The Kier molecular flexibility index (Phi) is 8.22. The van der Waals surface area contributed by atoms with E-state index in [-0.39, 0.29) is 11.8 Å². The zero-order valence-corrected chi connectivity index (χ0v) is 18.0. The van der Waals surface area contributed by atoms with E-state index in [1.165, 1.54) is 0 Å². The summed E-state index contributed by atoms with van der Waals surface area (Å²) in [6, 6.07) is 14.6. The quantitative estimate of drug-likeness (QED) is 0.521. The van der Waals surface area contributed by atoms with Crippen molar-refractivity contribution in [3.8, 4) is 0 Å². The third kappa shape index (κ3) is 6.96. The standard InChI is InChI=1S/C22H26BrN3O3/c23-20-4-1-3-19(15-20)22(28)25-16-17-5-7-18(8-6-17)21(27)24-9-2-10-26-11-13-29-14-12-26/h1,3-8,15H,2,9-14,16H2,(H,24,27)(H,25,28)/p+1. The molecule has 0 aliphatic carbocycles. The number of hydrogen-bond donors (Lipinski definition) is 3. The van der Waals surface area contributed by atoms with Gasteiger partial charge in [-0.05, 0) is 35.9 Å². The zero-order chi connectivity index (χ0) is 20.5. The Hall–Kier alpha value is -2.22. The number of carbonyl (C=O) groups is 2. The summed E-state index contributed by atoms with van der Waals surface area (Å²) >= 11 is 3.37. The molecule has 3 rings (SSSR count). The summed E-state index contributed by atoms with van der Waals surface area (Å²) in [5.41, 5.74) is 2.18. The van der Waals surface area contributed by atoms with E-state index in [1.807, 2.05) is 24.3 Å². The van der Waals surface area contributed by atoms with Crippen LogP contribution in [0.2, 0.25) is 0 Å². The van der Waals surface area contributed by atoms with Crippen LogP contribution in [0.3, 0.4) is 0 Å². The van der Waals surface area contributed by atoms with Crippen LogP contribution in [0.4, 0.5) is 0 Å². The van der Waals surface area contributed by atoms with Gasteiger partial charge in [-0.1, -0.05) is 34.1 Å². The molecule has 0 unspecified atom stereocenters. The van der Waals surface area contributed by atoms with Gasteiger partial charge in [-0.2, -0.15) is 0 Å². The number of ether oxygens (including phenoxy) is 1. The third-order valence-electron chi connectivity index (χ3n) is 4.95. The first-order valence-corrected chi connectivity index (χ1v) is 10.7. The second-order valence-corrected chi connectivity index (χ2v) is 8.03. The molecule has 7 heteroatoms. The van der Waals surface area contributed by atoms with Gasteiger partial charge >= 0.3 is 0 Å². The molecule has 2 aromatic rings. The second-order valence-electron chi connectivity index (χ2n) is 7.11. The Morgan fingerprint density at radius 2 is 1.69 bits per heavy atom. The maximum atomic E-state index is 12.3. The predicted molar refractivity (Wildman–Crippen MR) is 115 cm³/mol. The van der Waals surface area contributed by atoms with Crippen LogP contribution in [0.25, 0.3) is 0 Å². The number of benzene rings is 2. The molecular formula is C22H27BrN3O3+. The topological polar surface area (TPSA) is 71.9 Å². The highest BCUT2D eigenvalue weighted by molar-refractivity contribution is 9.10. The molecule has 1 aliphatic rings. The molecule has 1 fully saturated rings. The molecule has 2 aromatic carbocycles. The van der Waals surface area contributed by atoms with Gasteiger partial charge in [0.15, 0.2) is 0 Å². The molecule has 3 N–H and O–H groups in total. The second kappa shape index (κ2) is 11.1. The smallest absolute Gasteiger partial charge is 0.251 e. The molecule has 29 heavy (non-hydrogen) atoms. The molecule has 0 aromatic heterocycles. The van der Waals surface area contributed by atoms with Gasteiger partial charge in [-0.15, -0.1) is 0 Å². The van der Waals surface area contributed by atoms with Crippen molar-refractivity contribution >= 4 is 27.7 Å². The fourth-order valence-electron chi connectivity index (χ4n) is 3.24. The number of rotatable bonds is 8. The van der Waals surface area contributed by atoms with Gasteiger partial charge < -0.3 is 20.3 Å². The van der Waals surface area contributed by atoms with Gasteiger partial charge in [0.05, 0.1) is 19.8 Å². The first-order valence-electron chi connectivity index (χ1n) is 9.94. The van der Waals surface area contributed by atoms with Crippen LogP contribution in [0.1, 0.15) is 32.7 Å². The molecule has 1 aliphatic heterocycles. The summed E-state index contributed by atoms with van der Waals surface area (Å²) in [7, 11) is 0. The number of carbonyl (C=O) groups excluding carboxylic acids is 2. The number of hydrogen-bond acceptors (Lipinski definition) is 3. The normalized spacial score (nSPS) is 14.4. The highest BCUT2D eigenvalue weighted by Crippen LogP contribution is 2.12. The highest BCUT2D eigenvalue weighted by atomic mass is 79.9. The molecule has 154 valence electrons. The molecule has 1 saturated heterocycles. The van der Waals surface area contributed by atoms with E-state index in [0.29, 0.717) is 24.2 Å². The van der Waals surface area contributed by atoms with Crippen LogP contribution in [-0.2, 0) is 11.3 Å². The maximum Gasteiger partial charge on any atom is 0.251 e. The Morgan fingerprint density at radius 1 is 0.966 bits per heavy atom. The van der Waals surface area contributed by atoms with Crippen LogP contribution >= 0.6 is 15.9 Å². The Labute approximate surface area is 179 Å². The maximum absolute atomic E-state index is 12.3. The van der Waals surface area contributed by atoms with Crippen molar-refractivity contribution in [2.45, 2.75) is 13.0 Å². The Morgan fingerprint density at radius 3 is 2.41 bits per heavy atom. The van der Waals surface area contributed by atoms with E-state index < -0.39 is 0 Å². The summed E-state index contributed by atoms with van der Waals surface area (Å²) in [4.78, 5) is 26.0. The number of amides is 2. The van der Waals surface area contributed by atoms with E-state index in [1.54, 1.807) is 29.2 Å². The van der Waals surface area contributed by atoms with E-state index in [4.69, 9.17) is 4.74 Å². The average Bonchev–Trinajstić information content (AvgIpc) is 2.76. The summed E-state index contributed by atoms with van der Waals surface area (Å²) in [5, 5.41) is 5.87. The average molecular weight is 461 g/mol. The van der Waals surface area contributed by atoms with Crippen LogP contribution < -0.4 is 15.5 Å². The minimum Gasteiger partial charge on any atom is -0.370 e. The Balaban J connectivity index is 1.39. The molecule has 0 atom stereocenters. The first kappa shape index (κ1) is 21.5. The lowest BCUT2D eigenvalue weighted by Gasteiger charge is -2.23. The van der Waals surface area contributed by atoms with E-state index in [2.05, 4.69) is 26.6 Å². The molecule has 0 saturated carbocycles. The van der Waals surface area contributed by atoms with Crippen molar-refractivity contribution in [3.63, 3.8) is 0 Å². The van der Waals surface area contributed by atoms with Crippen molar-refractivity contribution in [2.24, 2.45) is 0 Å². The number of nitrogens with one attached hydrogen (secondary N) is 3. The van der Waals surface area contributed by atoms with E-state index in [9.17, 15) is 9.59 Å². The van der Waals surface area contributed by atoms with Crippen LogP contribution in [0.15, 0.2) is 53.0 Å². The fraction of sp³-hybridized carbons (Fsp3) is 0.364. The summed E-state index contributed by atoms with van der Waals surface area (Å²) in [6.45, 7) is 5.90. The minimum atomic E-state index is -0.129. The number of morpholine rings is 1. The predicted octanol–water partition coefficient (Wildman–Crippen LogP) is 1.41. The fourth-order valence-corrected chi connectivity index (χ4v) is 3.64. The molecule has 1 heterocycles. The summed E-state index contributed by atoms with van der Waals surface area (Å²) in [6.07, 6.45) is 0.959. The largest absolute Gasteiger partial charge is 0.370 e. The lowest BCUT2D eigenvalue weighted by molar-refractivity contribution is -0.908. The molecule has 2 amide bonds. The van der Waals surface area contributed by atoms with Crippen molar-refractivity contribution in [1.29, 1.82) is 0 Å². The number of halogens is 1. The monoisotopic (exact) mass is 460 g/mol. The van der Waals surface area contributed by atoms with Crippen molar-refractivity contribution in [2.75, 3.05) is 39.4 Å². The van der Waals surface area contributed by atoms with E-state index >= 15 is 0 Å². The molecular weight excluding hydrogens is 434 g/mol. The van der Waals surface area contributed by atoms with Gasteiger partial charge in [0.25, 0.3) is 11.8 Å². The van der Waals surface area contributed by atoms with Crippen LogP contribution in [0, 0.1) is 0 Å². The molecule has 0 bridgehead atoms. The minimum absolute atomic E-state index is 0.0632. The van der Waals surface area contributed by atoms with Crippen molar-refractivity contribution in [1.82, 2.24) is 10.6 Å². The highest BCUT2D eigenvalue weighted by Gasteiger charge is 2.13. The van der Waals surface area contributed by atoms with Crippen LogP contribution in [-0.4, -0.2) is 51.2 Å². The molecule has 0 radical (unpaired) electrons. The summed E-state index contributed by atoms with van der Waals surface area (Å²) in [5.74, 6) is -0.192. The van der Waals surface area contributed by atoms with Gasteiger partial charge in [0.2, 0.25) is 0 Å². The lowest BCUT2D eigenvalue weighted by Crippen LogP contribution is -3.14. The first-order chi connectivity index (χ1) is 14.1. The van der Waals surface area contributed by atoms with Gasteiger partial charge in [0, 0.05) is 35.1 Å².